The van der Waals surface area contributed by atoms with Gasteiger partial charge in [0.25, 0.3) is 5.69 Å². The smallest absolute Gasteiger partial charge is 0.357 e. The lowest BCUT2D eigenvalue weighted by Crippen LogP contribution is -2.14. The summed E-state index contributed by atoms with van der Waals surface area (Å²) in [7, 11) is 1.81. The van der Waals surface area contributed by atoms with Crippen molar-refractivity contribution in [1.82, 2.24) is 14.5 Å². The Balaban J connectivity index is 1.81. The van der Waals surface area contributed by atoms with Crippen LogP contribution in [0.4, 0.5) is 5.69 Å². The highest BCUT2D eigenvalue weighted by atomic mass is 35.5. The van der Waals surface area contributed by atoms with Gasteiger partial charge in [0.2, 0.25) is 0 Å². The van der Waals surface area contributed by atoms with Gasteiger partial charge in [-0.25, -0.2) is 14.8 Å². The van der Waals surface area contributed by atoms with Crippen molar-refractivity contribution in [2.75, 3.05) is 0 Å². The molecule has 0 bridgehead atoms. The van der Waals surface area contributed by atoms with Gasteiger partial charge in [-0.2, -0.15) is 0 Å². The second-order valence-electron chi connectivity index (χ2n) is 5.37. The molecule has 0 N–H and O–H groups in total. The van der Waals surface area contributed by atoms with Crippen LogP contribution >= 0.6 is 11.6 Å². The number of benzene rings is 1. The number of halogens is 1. The molecule has 128 valence electrons. The van der Waals surface area contributed by atoms with Gasteiger partial charge in [-0.05, 0) is 31.2 Å². The Bertz CT molecular complexity index is 968. The number of nitro groups is 1. The van der Waals surface area contributed by atoms with Crippen LogP contribution in [0.1, 0.15) is 29.3 Å². The van der Waals surface area contributed by atoms with Crippen LogP contribution in [0.2, 0.25) is 5.02 Å². The molecule has 0 amide bonds. The van der Waals surface area contributed by atoms with Crippen molar-refractivity contribution in [3.63, 3.8) is 0 Å². The monoisotopic (exact) mass is 360 g/mol. The van der Waals surface area contributed by atoms with E-state index in [1.807, 2.05) is 17.7 Å². The van der Waals surface area contributed by atoms with Gasteiger partial charge in [-0.3, -0.25) is 10.1 Å². The molecular formula is C16H13ClN4O4. The molecular weight excluding hydrogens is 348 g/mol. The Labute approximate surface area is 147 Å². The Hall–Kier alpha value is -3.00. The average molecular weight is 361 g/mol. The number of rotatable bonds is 4. The summed E-state index contributed by atoms with van der Waals surface area (Å²) in [4.78, 5) is 30.4. The summed E-state index contributed by atoms with van der Waals surface area (Å²) in [5.74, 6) is -0.139. The SMILES string of the molecule is CC(OC(=O)c1ccc([N+](=O)[O-])cn1)c1nc2cc(Cl)ccc2n1C. The summed E-state index contributed by atoms with van der Waals surface area (Å²) < 4.78 is 7.19. The number of fused-ring (bicyclic) bond motifs is 1. The topological polar surface area (TPSA) is 100 Å². The number of carbonyl (C=O) groups excluding carboxylic acids is 1. The van der Waals surface area contributed by atoms with Crippen LogP contribution in [-0.4, -0.2) is 25.4 Å². The third-order valence-corrected chi connectivity index (χ3v) is 3.93. The van der Waals surface area contributed by atoms with Gasteiger partial charge in [0, 0.05) is 18.1 Å². The largest absolute Gasteiger partial charge is 0.450 e. The molecule has 2 aromatic heterocycles. The van der Waals surface area contributed by atoms with Crippen LogP contribution in [0, 0.1) is 10.1 Å². The fourth-order valence-corrected chi connectivity index (χ4v) is 2.61. The fourth-order valence-electron chi connectivity index (χ4n) is 2.44. The van der Waals surface area contributed by atoms with Crippen molar-refractivity contribution in [2.24, 2.45) is 7.05 Å². The van der Waals surface area contributed by atoms with Crippen LogP contribution in [0.15, 0.2) is 36.5 Å². The molecule has 0 aliphatic carbocycles. The first kappa shape index (κ1) is 16.8. The molecule has 3 rings (SSSR count). The molecule has 0 radical (unpaired) electrons. The van der Waals surface area contributed by atoms with Gasteiger partial charge < -0.3 is 9.30 Å². The third-order valence-electron chi connectivity index (χ3n) is 3.69. The zero-order valence-corrected chi connectivity index (χ0v) is 14.1. The van der Waals surface area contributed by atoms with E-state index in [0.717, 1.165) is 11.7 Å². The molecule has 9 heteroatoms. The summed E-state index contributed by atoms with van der Waals surface area (Å²) in [6.07, 6.45) is 0.374. The summed E-state index contributed by atoms with van der Waals surface area (Å²) in [5, 5.41) is 11.2. The summed E-state index contributed by atoms with van der Waals surface area (Å²) in [6, 6.07) is 7.77. The Morgan fingerprint density at radius 1 is 1.36 bits per heavy atom. The number of hydrogen-bond acceptors (Lipinski definition) is 6. The van der Waals surface area contributed by atoms with Crippen LogP contribution < -0.4 is 0 Å². The van der Waals surface area contributed by atoms with E-state index in [1.165, 1.54) is 12.1 Å². The number of aryl methyl sites for hydroxylation is 1. The van der Waals surface area contributed by atoms with E-state index in [1.54, 1.807) is 19.1 Å². The highest BCUT2D eigenvalue weighted by molar-refractivity contribution is 6.31. The Kier molecular flexibility index (Phi) is 4.37. The van der Waals surface area contributed by atoms with E-state index in [0.29, 0.717) is 16.4 Å². The van der Waals surface area contributed by atoms with Crippen molar-refractivity contribution >= 4 is 34.3 Å². The minimum absolute atomic E-state index is 0.0146. The highest BCUT2D eigenvalue weighted by Crippen LogP contribution is 2.24. The summed E-state index contributed by atoms with van der Waals surface area (Å²) in [5.41, 5.74) is 1.34. The van der Waals surface area contributed by atoms with Crippen LogP contribution in [-0.2, 0) is 11.8 Å². The predicted molar refractivity (Wildman–Crippen MR) is 90.4 cm³/mol. The van der Waals surface area contributed by atoms with E-state index < -0.39 is 17.0 Å². The first-order valence-corrected chi connectivity index (χ1v) is 7.68. The van der Waals surface area contributed by atoms with Crippen molar-refractivity contribution in [3.8, 4) is 0 Å². The van der Waals surface area contributed by atoms with Gasteiger partial charge in [0.05, 0.1) is 16.0 Å². The van der Waals surface area contributed by atoms with Crippen LogP contribution in [0.5, 0.6) is 0 Å². The lowest BCUT2D eigenvalue weighted by Gasteiger charge is -2.12. The molecule has 1 atom stereocenters. The maximum absolute atomic E-state index is 12.2. The minimum Gasteiger partial charge on any atom is -0.450 e. The molecule has 2 heterocycles. The van der Waals surface area contributed by atoms with Crippen molar-refractivity contribution in [3.05, 3.63) is 63.2 Å². The summed E-state index contributed by atoms with van der Waals surface area (Å²) in [6.45, 7) is 1.69. The quantitative estimate of drug-likeness (QED) is 0.401. The number of hydrogen-bond donors (Lipinski definition) is 0. The van der Waals surface area contributed by atoms with Gasteiger partial charge >= 0.3 is 5.97 Å². The number of nitrogens with zero attached hydrogens (tertiary/aromatic N) is 4. The predicted octanol–water partition coefficient (Wildman–Crippen LogP) is 3.45. The van der Waals surface area contributed by atoms with Gasteiger partial charge in [0.1, 0.15) is 11.9 Å². The number of aromatic nitrogens is 3. The lowest BCUT2D eigenvalue weighted by atomic mass is 10.3. The number of pyridine rings is 1. The van der Waals surface area contributed by atoms with E-state index in [4.69, 9.17) is 16.3 Å². The fraction of sp³-hybridized carbons (Fsp3) is 0.188. The van der Waals surface area contributed by atoms with E-state index >= 15 is 0 Å². The zero-order valence-electron chi connectivity index (χ0n) is 13.3. The molecule has 0 spiro atoms. The van der Waals surface area contributed by atoms with Crippen molar-refractivity contribution < 1.29 is 14.5 Å². The molecule has 8 nitrogen and oxygen atoms in total. The molecule has 1 unspecified atom stereocenters. The van der Waals surface area contributed by atoms with E-state index in [2.05, 4.69) is 9.97 Å². The van der Waals surface area contributed by atoms with Crippen molar-refractivity contribution in [1.29, 1.82) is 0 Å². The maximum atomic E-state index is 12.2. The third kappa shape index (κ3) is 3.29. The maximum Gasteiger partial charge on any atom is 0.357 e. The lowest BCUT2D eigenvalue weighted by molar-refractivity contribution is -0.385. The Morgan fingerprint density at radius 2 is 2.12 bits per heavy atom. The van der Waals surface area contributed by atoms with Crippen molar-refractivity contribution in [2.45, 2.75) is 13.0 Å². The molecule has 0 aliphatic rings. The Morgan fingerprint density at radius 3 is 2.76 bits per heavy atom. The van der Waals surface area contributed by atoms with Gasteiger partial charge in [0.15, 0.2) is 11.9 Å². The molecule has 0 fully saturated rings. The normalized spacial score (nSPS) is 12.1. The first-order valence-electron chi connectivity index (χ1n) is 7.30. The second-order valence-corrected chi connectivity index (χ2v) is 5.80. The number of carbonyl (C=O) groups is 1. The number of esters is 1. The van der Waals surface area contributed by atoms with E-state index in [-0.39, 0.29) is 11.4 Å². The highest BCUT2D eigenvalue weighted by Gasteiger charge is 2.20. The first-order chi connectivity index (χ1) is 11.9. The number of ether oxygens (including phenoxy) is 1. The zero-order chi connectivity index (χ0) is 18.1. The molecule has 0 saturated heterocycles. The van der Waals surface area contributed by atoms with E-state index in [9.17, 15) is 14.9 Å². The summed E-state index contributed by atoms with van der Waals surface area (Å²) >= 11 is 5.97. The minimum atomic E-state index is -0.688. The van der Waals surface area contributed by atoms with Gasteiger partial charge in [-0.1, -0.05) is 11.6 Å². The van der Waals surface area contributed by atoms with Crippen LogP contribution in [0.25, 0.3) is 11.0 Å². The second kappa shape index (κ2) is 6.48. The molecule has 25 heavy (non-hydrogen) atoms. The molecule has 3 aromatic rings. The molecule has 1 aromatic carbocycles. The standard InChI is InChI=1S/C16H13ClN4O4/c1-9(15-19-13-7-10(17)3-6-14(13)20(15)2)25-16(22)12-5-4-11(8-18-12)21(23)24/h3-9H,1-2H3. The molecule has 0 saturated carbocycles. The average Bonchev–Trinajstić information content (AvgIpc) is 2.91. The van der Waals surface area contributed by atoms with Crippen LogP contribution in [0.3, 0.4) is 0 Å². The molecule has 0 aliphatic heterocycles. The van der Waals surface area contributed by atoms with Gasteiger partial charge in [-0.15, -0.1) is 0 Å². The number of imidazole rings is 1.